The molecule has 5 heteroatoms. The van der Waals surface area contributed by atoms with Gasteiger partial charge in [-0.15, -0.1) is 0 Å². The van der Waals surface area contributed by atoms with Crippen LogP contribution in [-0.4, -0.2) is 22.6 Å². The first-order chi connectivity index (χ1) is 11.7. The Hall–Kier alpha value is -2.30. The third-order valence-electron chi connectivity index (χ3n) is 5.16. The van der Waals surface area contributed by atoms with Crippen molar-refractivity contribution in [1.29, 1.82) is 0 Å². The van der Waals surface area contributed by atoms with Crippen molar-refractivity contribution in [2.75, 3.05) is 6.54 Å². The fourth-order valence-electron chi connectivity index (χ4n) is 3.98. The highest BCUT2D eigenvalue weighted by Gasteiger charge is 2.34. The molecule has 0 bridgehead atoms. The summed E-state index contributed by atoms with van der Waals surface area (Å²) >= 11 is 0. The highest BCUT2D eigenvalue weighted by atomic mass is 16.5. The van der Waals surface area contributed by atoms with Crippen molar-refractivity contribution < 1.29 is 9.32 Å². The second-order valence-electron chi connectivity index (χ2n) is 6.82. The summed E-state index contributed by atoms with van der Waals surface area (Å²) in [6, 6.07) is 10.5. The van der Waals surface area contributed by atoms with E-state index in [9.17, 15) is 4.79 Å². The Morgan fingerprint density at radius 1 is 1.29 bits per heavy atom. The zero-order valence-corrected chi connectivity index (χ0v) is 14.0. The van der Waals surface area contributed by atoms with Crippen LogP contribution in [0, 0.1) is 6.92 Å². The minimum Gasteiger partial charge on any atom is -0.359 e. The van der Waals surface area contributed by atoms with E-state index in [4.69, 9.17) is 4.52 Å². The standard InChI is InChI=1S/C19H23N3O2/c1-13-12-18(24-21-13)17-10-5-11-22(17)19(23)20-16-9-4-7-14-6-2-3-8-15(14)16/h2-3,6,8,12,16-17H,4-5,7,9-11H2,1H3,(H,20,23). The van der Waals surface area contributed by atoms with Crippen molar-refractivity contribution >= 4 is 6.03 Å². The maximum atomic E-state index is 12.9. The minimum absolute atomic E-state index is 0.00466. The molecule has 0 radical (unpaired) electrons. The van der Waals surface area contributed by atoms with E-state index in [1.807, 2.05) is 17.9 Å². The van der Waals surface area contributed by atoms with Crippen molar-refractivity contribution in [3.05, 3.63) is 52.9 Å². The molecule has 1 aliphatic carbocycles. The van der Waals surface area contributed by atoms with Crippen molar-refractivity contribution in [3.63, 3.8) is 0 Å². The monoisotopic (exact) mass is 325 g/mol. The van der Waals surface area contributed by atoms with Crippen LogP contribution >= 0.6 is 0 Å². The Kier molecular flexibility index (Phi) is 4.00. The molecule has 1 saturated heterocycles. The van der Waals surface area contributed by atoms with Gasteiger partial charge < -0.3 is 14.7 Å². The predicted octanol–water partition coefficient (Wildman–Crippen LogP) is 3.91. The quantitative estimate of drug-likeness (QED) is 0.911. The summed E-state index contributed by atoms with van der Waals surface area (Å²) in [7, 11) is 0. The molecule has 126 valence electrons. The molecule has 2 unspecified atom stereocenters. The van der Waals surface area contributed by atoms with Crippen LogP contribution in [0.4, 0.5) is 4.79 Å². The van der Waals surface area contributed by atoms with Crippen LogP contribution in [0.3, 0.4) is 0 Å². The summed E-state index contributed by atoms with van der Waals surface area (Å²) in [5.41, 5.74) is 3.49. The molecule has 1 aliphatic heterocycles. The van der Waals surface area contributed by atoms with Gasteiger partial charge in [0, 0.05) is 12.6 Å². The number of hydrogen-bond donors (Lipinski definition) is 1. The summed E-state index contributed by atoms with van der Waals surface area (Å²) in [6.45, 7) is 2.68. The summed E-state index contributed by atoms with van der Waals surface area (Å²) < 4.78 is 5.40. The van der Waals surface area contributed by atoms with E-state index < -0.39 is 0 Å². The van der Waals surface area contributed by atoms with Crippen molar-refractivity contribution in [3.8, 4) is 0 Å². The molecule has 1 aromatic heterocycles. The van der Waals surface area contributed by atoms with Gasteiger partial charge in [-0.3, -0.25) is 0 Å². The molecule has 0 saturated carbocycles. The second kappa shape index (κ2) is 6.30. The third-order valence-corrected chi connectivity index (χ3v) is 5.16. The lowest BCUT2D eigenvalue weighted by Crippen LogP contribution is -2.42. The van der Waals surface area contributed by atoms with E-state index in [2.05, 4.69) is 34.7 Å². The van der Waals surface area contributed by atoms with Gasteiger partial charge in [-0.1, -0.05) is 29.4 Å². The number of nitrogens with zero attached hydrogens (tertiary/aromatic N) is 2. The van der Waals surface area contributed by atoms with Gasteiger partial charge in [-0.2, -0.15) is 0 Å². The SMILES string of the molecule is Cc1cc(C2CCCN2C(=O)NC2CCCc3ccccc32)on1. The first-order valence-corrected chi connectivity index (χ1v) is 8.80. The highest BCUT2D eigenvalue weighted by Crippen LogP contribution is 2.34. The number of fused-ring (bicyclic) bond motifs is 1. The highest BCUT2D eigenvalue weighted by molar-refractivity contribution is 5.75. The number of urea groups is 1. The molecule has 2 aromatic rings. The van der Waals surface area contributed by atoms with E-state index in [1.165, 1.54) is 11.1 Å². The van der Waals surface area contributed by atoms with E-state index >= 15 is 0 Å². The number of benzene rings is 1. The van der Waals surface area contributed by atoms with Crippen LogP contribution in [0.5, 0.6) is 0 Å². The molecule has 2 aliphatic rings. The number of nitrogens with one attached hydrogen (secondary N) is 1. The fourth-order valence-corrected chi connectivity index (χ4v) is 3.98. The Balaban J connectivity index is 1.50. The molecule has 2 heterocycles. The number of hydrogen-bond acceptors (Lipinski definition) is 3. The molecule has 0 spiro atoms. The molecule has 4 rings (SSSR count). The van der Waals surface area contributed by atoms with Gasteiger partial charge in [0.05, 0.1) is 17.8 Å². The largest absolute Gasteiger partial charge is 0.359 e. The second-order valence-corrected chi connectivity index (χ2v) is 6.82. The third kappa shape index (κ3) is 2.79. The van der Waals surface area contributed by atoms with E-state index in [-0.39, 0.29) is 18.1 Å². The maximum Gasteiger partial charge on any atom is 0.318 e. The molecule has 2 atom stereocenters. The lowest BCUT2D eigenvalue weighted by Gasteiger charge is -2.30. The first-order valence-electron chi connectivity index (χ1n) is 8.80. The van der Waals surface area contributed by atoms with Crippen LogP contribution in [0.1, 0.15) is 60.3 Å². The Morgan fingerprint density at radius 3 is 3.00 bits per heavy atom. The first kappa shape index (κ1) is 15.2. The normalized spacial score (nSPS) is 23.1. The van der Waals surface area contributed by atoms with Gasteiger partial charge in [0.15, 0.2) is 5.76 Å². The number of aromatic nitrogens is 1. The lowest BCUT2D eigenvalue weighted by atomic mass is 9.88. The molecule has 5 nitrogen and oxygen atoms in total. The number of amides is 2. The zero-order chi connectivity index (χ0) is 16.5. The summed E-state index contributed by atoms with van der Waals surface area (Å²) in [5.74, 6) is 0.796. The lowest BCUT2D eigenvalue weighted by molar-refractivity contribution is 0.177. The van der Waals surface area contributed by atoms with E-state index in [0.29, 0.717) is 0 Å². The van der Waals surface area contributed by atoms with Crippen molar-refractivity contribution in [2.45, 2.75) is 51.1 Å². The van der Waals surface area contributed by atoms with Gasteiger partial charge in [-0.05, 0) is 50.2 Å². The molecular weight excluding hydrogens is 302 g/mol. The van der Waals surface area contributed by atoms with E-state index in [0.717, 1.165) is 50.1 Å². The number of carbonyl (C=O) groups is 1. The minimum atomic E-state index is 0.00466. The van der Waals surface area contributed by atoms with Crippen LogP contribution in [0.25, 0.3) is 0 Å². The van der Waals surface area contributed by atoms with Crippen LogP contribution in [0.15, 0.2) is 34.9 Å². The molecule has 1 aromatic carbocycles. The summed E-state index contributed by atoms with van der Waals surface area (Å²) in [6.07, 6.45) is 5.16. The molecule has 1 fully saturated rings. The van der Waals surface area contributed by atoms with E-state index in [1.54, 1.807) is 0 Å². The van der Waals surface area contributed by atoms with Crippen LogP contribution < -0.4 is 5.32 Å². The fraction of sp³-hybridized carbons (Fsp3) is 0.474. The number of rotatable bonds is 2. The van der Waals surface area contributed by atoms with Crippen molar-refractivity contribution in [2.24, 2.45) is 0 Å². The van der Waals surface area contributed by atoms with Gasteiger partial charge in [0.2, 0.25) is 0 Å². The Morgan fingerprint density at radius 2 is 2.17 bits per heavy atom. The molecule has 2 amide bonds. The summed E-state index contributed by atoms with van der Waals surface area (Å²) in [4.78, 5) is 14.8. The van der Waals surface area contributed by atoms with Crippen LogP contribution in [-0.2, 0) is 6.42 Å². The Bertz CT molecular complexity index is 740. The number of likely N-dealkylation sites (tertiary alicyclic amines) is 1. The average Bonchev–Trinajstić information content (AvgIpc) is 3.24. The topological polar surface area (TPSA) is 58.4 Å². The molecule has 1 N–H and O–H groups in total. The maximum absolute atomic E-state index is 12.9. The van der Waals surface area contributed by atoms with Crippen LogP contribution in [0.2, 0.25) is 0 Å². The summed E-state index contributed by atoms with van der Waals surface area (Å²) in [5, 5.41) is 7.22. The smallest absolute Gasteiger partial charge is 0.318 e. The van der Waals surface area contributed by atoms with Gasteiger partial charge in [0.25, 0.3) is 0 Å². The predicted molar refractivity (Wildman–Crippen MR) is 90.6 cm³/mol. The number of carbonyl (C=O) groups excluding carboxylic acids is 1. The average molecular weight is 325 g/mol. The van der Waals surface area contributed by atoms with Gasteiger partial charge >= 0.3 is 6.03 Å². The van der Waals surface area contributed by atoms with Crippen molar-refractivity contribution in [1.82, 2.24) is 15.4 Å². The van der Waals surface area contributed by atoms with Gasteiger partial charge in [0.1, 0.15) is 0 Å². The number of aryl methyl sites for hydroxylation is 2. The molecule has 24 heavy (non-hydrogen) atoms. The van der Waals surface area contributed by atoms with Gasteiger partial charge in [-0.25, -0.2) is 4.79 Å². The Labute approximate surface area is 142 Å². The molecular formula is C19H23N3O2. The zero-order valence-electron chi connectivity index (χ0n) is 14.0.